The minimum absolute atomic E-state index is 1.00. The van der Waals surface area contributed by atoms with Crippen LogP contribution in [0.1, 0.15) is 11.1 Å². The quantitative estimate of drug-likeness (QED) is 0.297. The van der Waals surface area contributed by atoms with Gasteiger partial charge in [-0.3, -0.25) is 0 Å². The molecule has 0 N–H and O–H groups in total. The molecule has 110 valence electrons. The Balaban J connectivity index is 2.22. The van der Waals surface area contributed by atoms with E-state index in [0.717, 1.165) is 11.2 Å². The third-order valence-corrected chi connectivity index (χ3v) is 4.78. The first kappa shape index (κ1) is 12.7. The van der Waals surface area contributed by atoms with Crippen LogP contribution in [0.3, 0.4) is 0 Å². The minimum Gasteiger partial charge on any atom is -0.455 e. The van der Waals surface area contributed by atoms with Crippen molar-refractivity contribution in [2.75, 3.05) is 0 Å². The van der Waals surface area contributed by atoms with Gasteiger partial charge in [0.25, 0.3) is 0 Å². The lowest BCUT2D eigenvalue weighted by Gasteiger charge is -2.06. The molecule has 0 spiro atoms. The molecule has 0 aliphatic rings. The van der Waals surface area contributed by atoms with Crippen molar-refractivity contribution in [1.29, 1.82) is 0 Å². The van der Waals surface area contributed by atoms with E-state index in [1.807, 2.05) is 0 Å². The van der Waals surface area contributed by atoms with Crippen molar-refractivity contribution in [2.24, 2.45) is 0 Å². The normalized spacial score (nSPS) is 11.9. The molecule has 1 aromatic heterocycles. The van der Waals surface area contributed by atoms with Crippen LogP contribution in [-0.2, 0) is 0 Å². The Morgan fingerprint density at radius 2 is 1.22 bits per heavy atom. The van der Waals surface area contributed by atoms with Crippen molar-refractivity contribution in [3.05, 3.63) is 71.8 Å². The third-order valence-electron chi connectivity index (χ3n) is 4.78. The maximum Gasteiger partial charge on any atom is 0.143 e. The SMILES string of the molecule is Cc1cc(C)c2oc3c4ccccc4c4ccccc4c3c2c1. The standard InChI is InChI=1S/C22H16O/c1-13-11-14(2)21-19(12-13)20-17-9-5-3-7-15(17)16-8-4-6-10-18(16)22(20)23-21/h3-12H,1-2H3. The van der Waals surface area contributed by atoms with Crippen molar-refractivity contribution in [1.82, 2.24) is 0 Å². The van der Waals surface area contributed by atoms with Crippen molar-refractivity contribution in [3.8, 4) is 0 Å². The molecule has 0 radical (unpaired) electrons. The highest BCUT2D eigenvalue weighted by Gasteiger charge is 2.16. The number of benzene rings is 4. The summed E-state index contributed by atoms with van der Waals surface area (Å²) >= 11 is 0. The summed E-state index contributed by atoms with van der Waals surface area (Å²) < 4.78 is 6.36. The highest BCUT2D eigenvalue weighted by Crippen LogP contribution is 2.41. The van der Waals surface area contributed by atoms with Gasteiger partial charge in [-0.2, -0.15) is 0 Å². The zero-order chi connectivity index (χ0) is 15.6. The van der Waals surface area contributed by atoms with Crippen molar-refractivity contribution in [3.63, 3.8) is 0 Å². The van der Waals surface area contributed by atoms with Gasteiger partial charge in [0, 0.05) is 16.2 Å². The Bertz CT molecular complexity index is 1220. The smallest absolute Gasteiger partial charge is 0.143 e. The van der Waals surface area contributed by atoms with Gasteiger partial charge < -0.3 is 4.42 Å². The summed E-state index contributed by atoms with van der Waals surface area (Å²) in [4.78, 5) is 0. The van der Waals surface area contributed by atoms with Gasteiger partial charge in [0.15, 0.2) is 0 Å². The highest BCUT2D eigenvalue weighted by molar-refractivity contribution is 6.30. The first-order valence-electron chi connectivity index (χ1n) is 7.97. The van der Waals surface area contributed by atoms with Crippen molar-refractivity contribution in [2.45, 2.75) is 13.8 Å². The van der Waals surface area contributed by atoms with Gasteiger partial charge in [0.05, 0.1) is 0 Å². The van der Waals surface area contributed by atoms with E-state index in [-0.39, 0.29) is 0 Å². The van der Waals surface area contributed by atoms with E-state index >= 15 is 0 Å². The van der Waals surface area contributed by atoms with E-state index in [4.69, 9.17) is 4.42 Å². The van der Waals surface area contributed by atoms with Crippen molar-refractivity contribution < 1.29 is 4.42 Å². The second kappa shape index (κ2) is 4.36. The first-order chi connectivity index (χ1) is 11.2. The monoisotopic (exact) mass is 296 g/mol. The molecule has 0 aliphatic carbocycles. The lowest BCUT2D eigenvalue weighted by molar-refractivity contribution is 0.669. The van der Waals surface area contributed by atoms with Crippen LogP contribution in [-0.4, -0.2) is 0 Å². The van der Waals surface area contributed by atoms with E-state index in [1.165, 1.54) is 43.4 Å². The fraction of sp³-hybridized carbons (Fsp3) is 0.0909. The van der Waals surface area contributed by atoms with Gasteiger partial charge in [-0.25, -0.2) is 0 Å². The van der Waals surface area contributed by atoms with Crippen LogP contribution in [0.2, 0.25) is 0 Å². The maximum atomic E-state index is 6.36. The topological polar surface area (TPSA) is 13.1 Å². The molecule has 0 fully saturated rings. The van der Waals surface area contributed by atoms with Crippen LogP contribution in [0.5, 0.6) is 0 Å². The Kier molecular flexibility index (Phi) is 2.41. The third kappa shape index (κ3) is 1.62. The molecular weight excluding hydrogens is 280 g/mol. The summed E-state index contributed by atoms with van der Waals surface area (Å²) in [6.07, 6.45) is 0. The molecule has 0 amide bonds. The lowest BCUT2D eigenvalue weighted by Crippen LogP contribution is -1.80. The summed E-state index contributed by atoms with van der Waals surface area (Å²) in [7, 11) is 0. The average Bonchev–Trinajstić information content (AvgIpc) is 2.95. The van der Waals surface area contributed by atoms with Crippen LogP contribution in [0.4, 0.5) is 0 Å². The lowest BCUT2D eigenvalue weighted by atomic mass is 9.96. The fourth-order valence-corrected chi connectivity index (χ4v) is 3.86. The fourth-order valence-electron chi connectivity index (χ4n) is 3.86. The number of hydrogen-bond donors (Lipinski definition) is 0. The molecule has 0 unspecified atom stereocenters. The first-order valence-corrected chi connectivity index (χ1v) is 7.97. The Morgan fingerprint density at radius 1 is 0.609 bits per heavy atom. The molecule has 5 aromatic rings. The summed E-state index contributed by atoms with van der Waals surface area (Å²) in [5.74, 6) is 0. The zero-order valence-electron chi connectivity index (χ0n) is 13.2. The van der Waals surface area contributed by atoms with Crippen LogP contribution >= 0.6 is 0 Å². The number of aryl methyl sites for hydroxylation is 2. The molecular formula is C22H16O. The molecule has 1 heterocycles. The largest absolute Gasteiger partial charge is 0.455 e. The highest BCUT2D eigenvalue weighted by atomic mass is 16.3. The summed E-state index contributed by atoms with van der Waals surface area (Å²) in [6, 6.07) is 21.6. The van der Waals surface area contributed by atoms with Crippen LogP contribution in [0.15, 0.2) is 65.1 Å². The molecule has 0 saturated heterocycles. The molecule has 1 heteroatoms. The summed E-state index contributed by atoms with van der Waals surface area (Å²) in [5.41, 5.74) is 4.48. The van der Waals surface area contributed by atoms with E-state index in [9.17, 15) is 0 Å². The van der Waals surface area contributed by atoms with Gasteiger partial charge in [-0.15, -0.1) is 0 Å². The van der Waals surface area contributed by atoms with E-state index in [1.54, 1.807) is 0 Å². The number of fused-ring (bicyclic) bond motifs is 8. The summed E-state index contributed by atoms with van der Waals surface area (Å²) in [6.45, 7) is 4.27. The number of furan rings is 1. The van der Waals surface area contributed by atoms with E-state index in [0.29, 0.717) is 0 Å². The average molecular weight is 296 g/mol. The molecule has 5 rings (SSSR count). The molecule has 23 heavy (non-hydrogen) atoms. The zero-order valence-corrected chi connectivity index (χ0v) is 13.2. The van der Waals surface area contributed by atoms with Crippen LogP contribution in [0.25, 0.3) is 43.5 Å². The molecule has 0 bridgehead atoms. The second-order valence-electron chi connectivity index (χ2n) is 6.36. The van der Waals surface area contributed by atoms with Gasteiger partial charge in [0.2, 0.25) is 0 Å². The maximum absolute atomic E-state index is 6.36. The van der Waals surface area contributed by atoms with Gasteiger partial charge in [-0.1, -0.05) is 54.6 Å². The summed E-state index contributed by atoms with van der Waals surface area (Å²) in [5, 5.41) is 7.46. The molecule has 0 atom stereocenters. The number of rotatable bonds is 0. The molecule has 0 aliphatic heterocycles. The Morgan fingerprint density at radius 3 is 1.96 bits per heavy atom. The van der Waals surface area contributed by atoms with E-state index in [2.05, 4.69) is 74.5 Å². The molecule has 4 aromatic carbocycles. The van der Waals surface area contributed by atoms with Gasteiger partial charge in [0.1, 0.15) is 11.2 Å². The molecule has 1 nitrogen and oxygen atoms in total. The van der Waals surface area contributed by atoms with Crippen LogP contribution in [0, 0.1) is 13.8 Å². The Hall–Kier alpha value is -2.80. The number of hydrogen-bond acceptors (Lipinski definition) is 1. The van der Waals surface area contributed by atoms with Crippen molar-refractivity contribution >= 4 is 43.5 Å². The van der Waals surface area contributed by atoms with Crippen LogP contribution < -0.4 is 0 Å². The Labute approximate surface area is 134 Å². The predicted octanol–water partition coefficient (Wildman–Crippen LogP) is 6.51. The minimum atomic E-state index is 1.00. The predicted molar refractivity (Wildman–Crippen MR) is 98.2 cm³/mol. The van der Waals surface area contributed by atoms with Gasteiger partial charge >= 0.3 is 0 Å². The molecule has 0 saturated carbocycles. The van der Waals surface area contributed by atoms with E-state index < -0.39 is 0 Å². The van der Waals surface area contributed by atoms with Gasteiger partial charge in [-0.05, 0) is 47.2 Å². The second-order valence-corrected chi connectivity index (χ2v) is 6.36.